The van der Waals surface area contributed by atoms with Crippen LogP contribution in [0.3, 0.4) is 0 Å². The molecule has 1 N–H and O–H groups in total. The van der Waals surface area contributed by atoms with E-state index in [0.29, 0.717) is 27.5 Å². The van der Waals surface area contributed by atoms with Crippen LogP contribution in [0.1, 0.15) is 41.9 Å². The standard InChI is InChI=1S/C16H16ClFN2S/c17-12-6-4-7-13(18)11(12)9-15-19-14-8-3-1-2-5-10(14)16(21)20-15/h4,6-7H,1-3,5,8-9H2,(H,19,20,21). The van der Waals surface area contributed by atoms with E-state index in [4.69, 9.17) is 23.8 Å². The third-order valence-electron chi connectivity index (χ3n) is 3.91. The van der Waals surface area contributed by atoms with Gasteiger partial charge in [0.1, 0.15) is 16.3 Å². The van der Waals surface area contributed by atoms with E-state index in [9.17, 15) is 4.39 Å². The summed E-state index contributed by atoms with van der Waals surface area (Å²) in [6.07, 6.45) is 5.83. The molecule has 1 aromatic carbocycles. The first-order valence-corrected chi connectivity index (χ1v) is 7.97. The van der Waals surface area contributed by atoms with Crippen molar-refractivity contribution in [2.24, 2.45) is 0 Å². The smallest absolute Gasteiger partial charge is 0.133 e. The van der Waals surface area contributed by atoms with Crippen LogP contribution in [0.15, 0.2) is 18.2 Å². The van der Waals surface area contributed by atoms with Crippen LogP contribution < -0.4 is 0 Å². The molecular formula is C16H16ClFN2S. The number of hydrogen-bond acceptors (Lipinski definition) is 2. The number of aromatic amines is 1. The minimum atomic E-state index is -0.307. The fraction of sp³-hybridized carbons (Fsp3) is 0.375. The average Bonchev–Trinajstić information content (AvgIpc) is 2.69. The number of H-pyrrole nitrogens is 1. The van der Waals surface area contributed by atoms with Gasteiger partial charge < -0.3 is 4.98 Å². The molecule has 2 nitrogen and oxygen atoms in total. The summed E-state index contributed by atoms with van der Waals surface area (Å²) in [7, 11) is 0. The first-order chi connectivity index (χ1) is 10.1. The predicted octanol–water partition coefficient (Wildman–Crippen LogP) is 4.79. The topological polar surface area (TPSA) is 28.7 Å². The Morgan fingerprint density at radius 2 is 2.05 bits per heavy atom. The van der Waals surface area contributed by atoms with Gasteiger partial charge in [0, 0.05) is 28.3 Å². The Bertz CT molecular complexity index is 706. The predicted molar refractivity (Wildman–Crippen MR) is 84.9 cm³/mol. The van der Waals surface area contributed by atoms with E-state index in [-0.39, 0.29) is 5.82 Å². The van der Waals surface area contributed by atoms with E-state index >= 15 is 0 Å². The number of benzene rings is 1. The monoisotopic (exact) mass is 322 g/mol. The van der Waals surface area contributed by atoms with Crippen molar-refractivity contribution in [3.8, 4) is 0 Å². The van der Waals surface area contributed by atoms with Gasteiger partial charge in [-0.15, -0.1) is 0 Å². The minimum absolute atomic E-state index is 0.307. The summed E-state index contributed by atoms with van der Waals surface area (Å²) in [5.74, 6) is 0.381. The van der Waals surface area contributed by atoms with Gasteiger partial charge in [-0.1, -0.05) is 36.3 Å². The normalized spacial score (nSPS) is 14.6. The summed E-state index contributed by atoms with van der Waals surface area (Å²) >= 11 is 11.5. The van der Waals surface area contributed by atoms with Gasteiger partial charge in [-0.05, 0) is 37.8 Å². The van der Waals surface area contributed by atoms with Crippen molar-refractivity contribution < 1.29 is 4.39 Å². The van der Waals surface area contributed by atoms with Crippen molar-refractivity contribution >= 4 is 23.8 Å². The largest absolute Gasteiger partial charge is 0.347 e. The van der Waals surface area contributed by atoms with E-state index in [0.717, 1.165) is 36.9 Å². The average molecular weight is 323 g/mol. The second kappa shape index (κ2) is 6.24. The van der Waals surface area contributed by atoms with E-state index in [1.54, 1.807) is 12.1 Å². The summed E-state index contributed by atoms with van der Waals surface area (Å²) in [4.78, 5) is 7.79. The summed E-state index contributed by atoms with van der Waals surface area (Å²) < 4.78 is 14.5. The highest BCUT2D eigenvalue weighted by atomic mass is 35.5. The fourth-order valence-corrected chi connectivity index (χ4v) is 3.37. The maximum Gasteiger partial charge on any atom is 0.133 e. The molecule has 0 bridgehead atoms. The van der Waals surface area contributed by atoms with E-state index in [2.05, 4.69) is 9.97 Å². The van der Waals surface area contributed by atoms with Gasteiger partial charge in [0.05, 0.1) is 0 Å². The molecule has 0 fully saturated rings. The van der Waals surface area contributed by atoms with E-state index < -0.39 is 0 Å². The van der Waals surface area contributed by atoms with Crippen LogP contribution in [0.4, 0.5) is 4.39 Å². The molecule has 1 heterocycles. The van der Waals surface area contributed by atoms with Crippen molar-refractivity contribution in [1.29, 1.82) is 0 Å². The van der Waals surface area contributed by atoms with Crippen molar-refractivity contribution in [3.05, 3.63) is 56.3 Å². The molecule has 1 aromatic heterocycles. The van der Waals surface area contributed by atoms with Gasteiger partial charge in [-0.3, -0.25) is 0 Å². The Balaban J connectivity index is 1.99. The number of halogens is 2. The molecule has 110 valence electrons. The number of nitrogens with zero attached hydrogens (tertiary/aromatic N) is 1. The molecule has 0 amide bonds. The van der Waals surface area contributed by atoms with Gasteiger partial charge >= 0.3 is 0 Å². The lowest BCUT2D eigenvalue weighted by molar-refractivity contribution is 0.611. The molecule has 3 rings (SSSR count). The van der Waals surface area contributed by atoms with Crippen LogP contribution in [-0.2, 0) is 19.3 Å². The SMILES string of the molecule is Fc1cccc(Cl)c1Cc1nc(=S)c2c([nH]1)CCCCC2. The summed E-state index contributed by atoms with van der Waals surface area (Å²) in [5.41, 5.74) is 2.78. The van der Waals surface area contributed by atoms with Crippen molar-refractivity contribution in [2.75, 3.05) is 0 Å². The Morgan fingerprint density at radius 1 is 1.24 bits per heavy atom. The lowest BCUT2D eigenvalue weighted by Gasteiger charge is -2.10. The highest BCUT2D eigenvalue weighted by Crippen LogP contribution is 2.23. The molecule has 0 atom stereocenters. The van der Waals surface area contributed by atoms with E-state index in [1.807, 2.05) is 0 Å². The highest BCUT2D eigenvalue weighted by molar-refractivity contribution is 7.71. The first kappa shape index (κ1) is 14.7. The Kier molecular flexibility index (Phi) is 4.36. The second-order valence-electron chi connectivity index (χ2n) is 5.38. The molecule has 0 saturated heterocycles. The molecular weight excluding hydrogens is 307 g/mol. The number of rotatable bonds is 2. The quantitative estimate of drug-likeness (QED) is 0.636. The van der Waals surface area contributed by atoms with Crippen LogP contribution >= 0.6 is 23.8 Å². The molecule has 5 heteroatoms. The minimum Gasteiger partial charge on any atom is -0.347 e. The molecule has 1 aliphatic rings. The zero-order valence-electron chi connectivity index (χ0n) is 11.6. The number of nitrogens with one attached hydrogen (secondary N) is 1. The number of aromatic nitrogens is 2. The Labute approximate surface area is 133 Å². The molecule has 1 aliphatic carbocycles. The van der Waals surface area contributed by atoms with Gasteiger partial charge in [-0.2, -0.15) is 0 Å². The van der Waals surface area contributed by atoms with Crippen LogP contribution in [0, 0.1) is 10.5 Å². The molecule has 0 aliphatic heterocycles. The fourth-order valence-electron chi connectivity index (χ4n) is 2.80. The number of fused-ring (bicyclic) bond motifs is 1. The van der Waals surface area contributed by atoms with Crippen LogP contribution in [0.2, 0.25) is 5.02 Å². The van der Waals surface area contributed by atoms with E-state index in [1.165, 1.54) is 12.5 Å². The van der Waals surface area contributed by atoms with Crippen molar-refractivity contribution in [2.45, 2.75) is 38.5 Å². The molecule has 21 heavy (non-hydrogen) atoms. The van der Waals surface area contributed by atoms with Gasteiger partial charge in [-0.25, -0.2) is 9.37 Å². The molecule has 0 unspecified atom stereocenters. The third-order valence-corrected chi connectivity index (χ3v) is 4.61. The molecule has 2 aromatic rings. The maximum absolute atomic E-state index is 13.9. The van der Waals surface area contributed by atoms with Gasteiger partial charge in [0.2, 0.25) is 0 Å². The van der Waals surface area contributed by atoms with Crippen molar-refractivity contribution in [3.63, 3.8) is 0 Å². The van der Waals surface area contributed by atoms with Crippen LogP contribution in [-0.4, -0.2) is 9.97 Å². The first-order valence-electron chi connectivity index (χ1n) is 7.19. The lowest BCUT2D eigenvalue weighted by Crippen LogP contribution is -2.06. The maximum atomic E-state index is 13.9. The highest BCUT2D eigenvalue weighted by Gasteiger charge is 2.14. The molecule has 0 spiro atoms. The van der Waals surface area contributed by atoms with Crippen LogP contribution in [0.25, 0.3) is 0 Å². The number of hydrogen-bond donors (Lipinski definition) is 1. The lowest BCUT2D eigenvalue weighted by atomic mass is 10.1. The summed E-state index contributed by atoms with van der Waals surface area (Å²) in [6, 6.07) is 4.71. The second-order valence-corrected chi connectivity index (χ2v) is 6.18. The zero-order valence-corrected chi connectivity index (χ0v) is 13.2. The summed E-state index contributed by atoms with van der Waals surface area (Å²) in [6.45, 7) is 0. The summed E-state index contributed by atoms with van der Waals surface area (Å²) in [5, 5.41) is 0.422. The van der Waals surface area contributed by atoms with Crippen LogP contribution in [0.5, 0.6) is 0 Å². The Hall–Kier alpha value is -1.26. The third kappa shape index (κ3) is 3.16. The Morgan fingerprint density at radius 3 is 2.86 bits per heavy atom. The number of aryl methyl sites for hydroxylation is 1. The van der Waals surface area contributed by atoms with Crippen molar-refractivity contribution in [1.82, 2.24) is 9.97 Å². The van der Waals surface area contributed by atoms with Gasteiger partial charge in [0.25, 0.3) is 0 Å². The zero-order chi connectivity index (χ0) is 14.8. The van der Waals surface area contributed by atoms with Gasteiger partial charge in [0.15, 0.2) is 0 Å². The molecule has 0 radical (unpaired) electrons. The molecule has 0 saturated carbocycles.